The molecule has 0 spiro atoms. The summed E-state index contributed by atoms with van der Waals surface area (Å²) in [5.74, 6) is 2.85. The zero-order valence-electron chi connectivity index (χ0n) is 12.5. The summed E-state index contributed by atoms with van der Waals surface area (Å²) in [4.78, 5) is 0. The van der Waals surface area contributed by atoms with Crippen molar-refractivity contribution in [2.45, 2.75) is 26.9 Å². The number of ether oxygens (including phenoxy) is 2. The second kappa shape index (κ2) is 5.59. The fourth-order valence-corrected chi connectivity index (χ4v) is 2.37. The third-order valence-corrected chi connectivity index (χ3v) is 3.58. The number of rotatable bonds is 4. The van der Waals surface area contributed by atoms with Gasteiger partial charge in [0, 0.05) is 11.6 Å². The summed E-state index contributed by atoms with van der Waals surface area (Å²) in [6.07, 6.45) is -0.767. The molecule has 0 amide bonds. The predicted octanol–water partition coefficient (Wildman–Crippen LogP) is 3.30. The highest BCUT2D eigenvalue weighted by Gasteiger charge is 2.21. The highest BCUT2D eigenvalue weighted by Crippen LogP contribution is 2.34. The van der Waals surface area contributed by atoms with Crippen LogP contribution in [-0.2, 0) is 0 Å². The minimum Gasteiger partial charge on any atom is -0.497 e. The molecule has 1 aromatic heterocycles. The predicted molar refractivity (Wildman–Crippen MR) is 76.5 cm³/mol. The molecule has 0 bridgehead atoms. The van der Waals surface area contributed by atoms with Gasteiger partial charge in [-0.15, -0.1) is 0 Å². The summed E-state index contributed by atoms with van der Waals surface area (Å²) in [7, 11) is 3.17. The zero-order chi connectivity index (χ0) is 14.9. The van der Waals surface area contributed by atoms with Crippen LogP contribution in [0.4, 0.5) is 0 Å². The number of aliphatic hydroxyl groups excluding tert-OH is 1. The molecule has 4 heteroatoms. The number of aliphatic hydroxyl groups is 1. The summed E-state index contributed by atoms with van der Waals surface area (Å²) in [6.45, 7) is 5.70. The summed E-state index contributed by atoms with van der Waals surface area (Å²) in [5.41, 5.74) is 2.49. The van der Waals surface area contributed by atoms with Gasteiger partial charge in [-0.1, -0.05) is 0 Å². The lowest BCUT2D eigenvalue weighted by molar-refractivity contribution is 0.216. The average molecular weight is 276 g/mol. The molecule has 0 fully saturated rings. The van der Waals surface area contributed by atoms with Crippen molar-refractivity contribution in [2.75, 3.05) is 14.2 Å². The first kappa shape index (κ1) is 14.5. The summed E-state index contributed by atoms with van der Waals surface area (Å²) in [5, 5.41) is 10.6. The van der Waals surface area contributed by atoms with Gasteiger partial charge in [0.2, 0.25) is 0 Å². The average Bonchev–Trinajstić information content (AvgIpc) is 2.70. The molecule has 1 unspecified atom stereocenters. The van der Waals surface area contributed by atoms with E-state index in [0.717, 1.165) is 22.6 Å². The minimum atomic E-state index is -0.767. The summed E-state index contributed by atoms with van der Waals surface area (Å²) in [6, 6.07) is 5.37. The van der Waals surface area contributed by atoms with Crippen LogP contribution in [0, 0.1) is 20.8 Å². The number of hydrogen-bond donors (Lipinski definition) is 1. The first-order chi connectivity index (χ1) is 9.47. The first-order valence-corrected chi connectivity index (χ1v) is 6.45. The smallest absolute Gasteiger partial charge is 0.122 e. The largest absolute Gasteiger partial charge is 0.497 e. The van der Waals surface area contributed by atoms with Crippen LogP contribution in [0.25, 0.3) is 0 Å². The maximum Gasteiger partial charge on any atom is 0.122 e. The van der Waals surface area contributed by atoms with Gasteiger partial charge in [-0.2, -0.15) is 0 Å². The number of aryl methyl sites for hydroxylation is 2. The highest BCUT2D eigenvalue weighted by atomic mass is 16.5. The van der Waals surface area contributed by atoms with Crippen LogP contribution in [0.15, 0.2) is 22.6 Å². The molecule has 0 aliphatic heterocycles. The minimum absolute atomic E-state index is 0.647. The molecular weight excluding hydrogens is 256 g/mol. The van der Waals surface area contributed by atoms with Crippen LogP contribution in [-0.4, -0.2) is 19.3 Å². The van der Waals surface area contributed by atoms with E-state index in [4.69, 9.17) is 13.9 Å². The van der Waals surface area contributed by atoms with E-state index >= 15 is 0 Å². The van der Waals surface area contributed by atoms with E-state index in [1.54, 1.807) is 32.4 Å². The Morgan fingerprint density at radius 2 is 1.50 bits per heavy atom. The molecule has 1 aromatic carbocycles. The fourth-order valence-electron chi connectivity index (χ4n) is 2.37. The van der Waals surface area contributed by atoms with Gasteiger partial charge >= 0.3 is 0 Å². The molecule has 0 saturated heterocycles. The van der Waals surface area contributed by atoms with Crippen molar-refractivity contribution in [3.8, 4) is 11.5 Å². The van der Waals surface area contributed by atoms with Gasteiger partial charge in [0.25, 0.3) is 0 Å². The lowest BCUT2D eigenvalue weighted by Crippen LogP contribution is -2.03. The van der Waals surface area contributed by atoms with Crippen LogP contribution >= 0.6 is 0 Å². The van der Waals surface area contributed by atoms with Crippen LogP contribution in [0.2, 0.25) is 0 Å². The standard InChI is InChI=1S/C16H20O4/c1-9-10(2)20-11(3)15(9)16(17)12-6-13(18-4)8-14(7-12)19-5/h6-8,16-17H,1-5H3. The quantitative estimate of drug-likeness (QED) is 0.931. The molecule has 1 N–H and O–H groups in total. The molecule has 0 aliphatic carbocycles. The topological polar surface area (TPSA) is 51.8 Å². The Kier molecular flexibility index (Phi) is 4.04. The molecule has 1 heterocycles. The molecule has 108 valence electrons. The van der Waals surface area contributed by atoms with Gasteiger partial charge in [0.15, 0.2) is 0 Å². The second-order valence-electron chi connectivity index (χ2n) is 4.80. The van der Waals surface area contributed by atoms with E-state index in [9.17, 15) is 5.11 Å². The normalized spacial score (nSPS) is 12.3. The SMILES string of the molecule is COc1cc(OC)cc(C(O)c2c(C)oc(C)c2C)c1. The van der Waals surface area contributed by atoms with E-state index in [1.165, 1.54) is 0 Å². The third-order valence-electron chi connectivity index (χ3n) is 3.58. The molecule has 20 heavy (non-hydrogen) atoms. The molecule has 2 aromatic rings. The molecule has 4 nitrogen and oxygen atoms in total. The van der Waals surface area contributed by atoms with Crippen molar-refractivity contribution < 1.29 is 19.0 Å². The molecular formula is C16H20O4. The Labute approximate surface area is 118 Å². The fraction of sp³-hybridized carbons (Fsp3) is 0.375. The molecule has 0 radical (unpaired) electrons. The Balaban J connectivity index is 2.49. The van der Waals surface area contributed by atoms with Gasteiger partial charge in [-0.05, 0) is 44.0 Å². The molecule has 2 rings (SSSR count). The van der Waals surface area contributed by atoms with Crippen LogP contribution in [0.3, 0.4) is 0 Å². The van der Waals surface area contributed by atoms with Gasteiger partial charge in [-0.25, -0.2) is 0 Å². The van der Waals surface area contributed by atoms with Crippen molar-refractivity contribution in [3.63, 3.8) is 0 Å². The number of methoxy groups -OCH3 is 2. The third kappa shape index (κ3) is 2.51. The Bertz CT molecular complexity index is 591. The lowest BCUT2D eigenvalue weighted by Gasteiger charge is -2.14. The highest BCUT2D eigenvalue weighted by molar-refractivity contribution is 5.45. The Morgan fingerprint density at radius 3 is 1.90 bits per heavy atom. The second-order valence-corrected chi connectivity index (χ2v) is 4.80. The Morgan fingerprint density at radius 1 is 0.950 bits per heavy atom. The molecule has 1 atom stereocenters. The lowest BCUT2D eigenvalue weighted by atomic mass is 9.97. The van der Waals surface area contributed by atoms with E-state index in [-0.39, 0.29) is 0 Å². The molecule has 0 saturated carbocycles. The monoisotopic (exact) mass is 276 g/mol. The molecule has 0 aliphatic rings. The van der Waals surface area contributed by atoms with Gasteiger partial charge in [0.05, 0.1) is 14.2 Å². The van der Waals surface area contributed by atoms with Crippen LogP contribution < -0.4 is 9.47 Å². The van der Waals surface area contributed by atoms with Gasteiger partial charge < -0.3 is 19.0 Å². The van der Waals surface area contributed by atoms with Gasteiger partial charge in [0.1, 0.15) is 29.1 Å². The Hall–Kier alpha value is -1.94. The van der Waals surface area contributed by atoms with E-state index in [1.807, 2.05) is 20.8 Å². The van der Waals surface area contributed by atoms with Gasteiger partial charge in [-0.3, -0.25) is 0 Å². The van der Waals surface area contributed by atoms with Crippen molar-refractivity contribution >= 4 is 0 Å². The van der Waals surface area contributed by atoms with E-state index < -0.39 is 6.10 Å². The summed E-state index contributed by atoms with van der Waals surface area (Å²) >= 11 is 0. The van der Waals surface area contributed by atoms with E-state index in [2.05, 4.69) is 0 Å². The van der Waals surface area contributed by atoms with Crippen LogP contribution in [0.1, 0.15) is 34.3 Å². The van der Waals surface area contributed by atoms with Crippen molar-refractivity contribution in [1.29, 1.82) is 0 Å². The number of benzene rings is 1. The maximum absolute atomic E-state index is 10.6. The number of furan rings is 1. The first-order valence-electron chi connectivity index (χ1n) is 6.45. The van der Waals surface area contributed by atoms with Crippen molar-refractivity contribution in [1.82, 2.24) is 0 Å². The number of hydrogen-bond acceptors (Lipinski definition) is 4. The van der Waals surface area contributed by atoms with Crippen LogP contribution in [0.5, 0.6) is 11.5 Å². The zero-order valence-corrected chi connectivity index (χ0v) is 12.5. The van der Waals surface area contributed by atoms with Crippen molar-refractivity contribution in [3.05, 3.63) is 46.4 Å². The van der Waals surface area contributed by atoms with E-state index in [0.29, 0.717) is 17.1 Å². The maximum atomic E-state index is 10.6. The van der Waals surface area contributed by atoms with Crippen molar-refractivity contribution in [2.24, 2.45) is 0 Å². The summed E-state index contributed by atoms with van der Waals surface area (Å²) < 4.78 is 16.0.